The molecule has 2 fully saturated rings. The van der Waals surface area contributed by atoms with E-state index in [1.807, 2.05) is 0 Å². The quantitative estimate of drug-likeness (QED) is 0.485. The number of anilines is 2. The fourth-order valence-corrected chi connectivity index (χ4v) is 5.34. The Kier molecular flexibility index (Phi) is 6.28. The van der Waals surface area contributed by atoms with Crippen molar-refractivity contribution in [2.45, 2.75) is 4.90 Å². The topological polar surface area (TPSA) is 109 Å². The van der Waals surface area contributed by atoms with Gasteiger partial charge in [-0.15, -0.1) is 0 Å². The summed E-state index contributed by atoms with van der Waals surface area (Å²) in [6.07, 6.45) is 1.40. The van der Waals surface area contributed by atoms with Crippen molar-refractivity contribution >= 4 is 38.8 Å². The number of halogens is 1. The predicted octanol–water partition coefficient (Wildman–Crippen LogP) is 1.99. The second-order valence-electron chi connectivity index (χ2n) is 7.24. The van der Waals surface area contributed by atoms with Crippen molar-refractivity contribution < 1.29 is 18.1 Å². The molecule has 1 aromatic carbocycles. The van der Waals surface area contributed by atoms with Gasteiger partial charge >= 0.3 is 0 Å². The Morgan fingerprint density at radius 3 is 2.26 bits per heavy atom. The maximum Gasteiger partial charge on any atom is 0.271 e. The van der Waals surface area contributed by atoms with Crippen LogP contribution in [0, 0.1) is 10.1 Å². The van der Waals surface area contributed by atoms with Gasteiger partial charge in [0, 0.05) is 57.6 Å². The van der Waals surface area contributed by atoms with Crippen LogP contribution in [0.3, 0.4) is 0 Å². The number of hydrogen-bond donors (Lipinski definition) is 0. The zero-order valence-electron chi connectivity index (χ0n) is 16.7. The van der Waals surface area contributed by atoms with Crippen molar-refractivity contribution in [3.8, 4) is 0 Å². The average molecular weight is 468 g/mol. The summed E-state index contributed by atoms with van der Waals surface area (Å²) in [5.41, 5.74) is 0.718. The number of rotatable bonds is 5. The van der Waals surface area contributed by atoms with Crippen LogP contribution >= 0.6 is 11.6 Å². The molecule has 0 N–H and O–H groups in total. The van der Waals surface area contributed by atoms with E-state index in [2.05, 4.69) is 14.8 Å². The van der Waals surface area contributed by atoms with Gasteiger partial charge < -0.3 is 14.5 Å². The molecule has 0 unspecified atom stereocenters. The molecular formula is C19H22ClN5O5S. The number of piperazine rings is 1. The first-order valence-corrected chi connectivity index (χ1v) is 11.7. The van der Waals surface area contributed by atoms with Gasteiger partial charge in [-0.05, 0) is 18.2 Å². The van der Waals surface area contributed by atoms with Crippen molar-refractivity contribution in [3.05, 3.63) is 51.7 Å². The Morgan fingerprint density at radius 1 is 1.00 bits per heavy atom. The molecular weight excluding hydrogens is 446 g/mol. The lowest BCUT2D eigenvalue weighted by Crippen LogP contribution is -2.47. The SMILES string of the molecule is O=[N+]([O-])c1ccc(N2CCN(c3ccc(S(=O)(=O)N4CCOCC4)cn3)CC2)c(Cl)c1. The van der Waals surface area contributed by atoms with Crippen molar-refractivity contribution in [3.63, 3.8) is 0 Å². The summed E-state index contributed by atoms with van der Waals surface area (Å²) < 4.78 is 32.1. The van der Waals surface area contributed by atoms with Crippen molar-refractivity contribution in [1.29, 1.82) is 0 Å². The number of ether oxygens (including phenoxy) is 1. The normalized spacial score (nSPS) is 18.2. The summed E-state index contributed by atoms with van der Waals surface area (Å²) in [6.45, 7) is 4.13. The molecule has 2 saturated heterocycles. The first-order valence-electron chi connectivity index (χ1n) is 9.84. The Bertz CT molecular complexity index is 1050. The largest absolute Gasteiger partial charge is 0.379 e. The minimum absolute atomic E-state index is 0.0382. The molecule has 0 saturated carbocycles. The highest BCUT2D eigenvalue weighted by molar-refractivity contribution is 7.89. The van der Waals surface area contributed by atoms with Crippen LogP contribution in [0.2, 0.25) is 5.02 Å². The molecule has 4 rings (SSSR count). The smallest absolute Gasteiger partial charge is 0.271 e. The van der Waals surface area contributed by atoms with E-state index in [-0.39, 0.29) is 10.6 Å². The van der Waals surface area contributed by atoms with Gasteiger partial charge in [0.25, 0.3) is 5.69 Å². The fourth-order valence-electron chi connectivity index (χ4n) is 3.69. The molecule has 12 heteroatoms. The number of pyridine rings is 1. The van der Waals surface area contributed by atoms with Crippen LogP contribution in [0.4, 0.5) is 17.2 Å². The van der Waals surface area contributed by atoms with Gasteiger partial charge in [-0.25, -0.2) is 13.4 Å². The van der Waals surface area contributed by atoms with Crippen LogP contribution < -0.4 is 9.80 Å². The number of nitrogens with zero attached hydrogens (tertiary/aromatic N) is 5. The zero-order chi connectivity index (χ0) is 22.0. The summed E-state index contributed by atoms with van der Waals surface area (Å²) in [6, 6.07) is 7.79. The zero-order valence-corrected chi connectivity index (χ0v) is 18.3. The Balaban J connectivity index is 1.41. The molecule has 3 heterocycles. The van der Waals surface area contributed by atoms with E-state index >= 15 is 0 Å². The molecule has 0 radical (unpaired) electrons. The molecule has 0 amide bonds. The highest BCUT2D eigenvalue weighted by Gasteiger charge is 2.27. The van der Waals surface area contributed by atoms with Crippen molar-refractivity contribution in [2.24, 2.45) is 0 Å². The molecule has 1 aromatic heterocycles. The number of sulfonamides is 1. The van der Waals surface area contributed by atoms with Crippen LogP contribution in [0.25, 0.3) is 0 Å². The summed E-state index contributed by atoms with van der Waals surface area (Å²) >= 11 is 6.24. The average Bonchev–Trinajstić information content (AvgIpc) is 2.80. The first-order chi connectivity index (χ1) is 14.9. The van der Waals surface area contributed by atoms with E-state index < -0.39 is 14.9 Å². The van der Waals surface area contributed by atoms with Gasteiger partial charge in [-0.2, -0.15) is 4.31 Å². The highest BCUT2D eigenvalue weighted by atomic mass is 35.5. The van der Waals surface area contributed by atoms with E-state index in [1.165, 1.54) is 22.6 Å². The standard InChI is InChI=1S/C19H22ClN5O5S/c20-17-13-15(25(26)27)1-3-18(17)22-5-7-23(8-6-22)19-4-2-16(14-21-19)31(28,29)24-9-11-30-12-10-24/h1-4,13-14H,5-12H2. The number of aromatic nitrogens is 1. The predicted molar refractivity (Wildman–Crippen MR) is 116 cm³/mol. The molecule has 2 aromatic rings. The third kappa shape index (κ3) is 4.59. The molecule has 0 atom stereocenters. The Hall–Kier alpha value is -2.47. The van der Waals surface area contributed by atoms with Crippen molar-refractivity contribution in [2.75, 3.05) is 62.3 Å². The number of morpholine rings is 1. The highest BCUT2D eigenvalue weighted by Crippen LogP contribution is 2.31. The molecule has 0 bridgehead atoms. The second-order valence-corrected chi connectivity index (χ2v) is 9.58. The molecule has 31 heavy (non-hydrogen) atoms. The van der Waals surface area contributed by atoms with Crippen LogP contribution in [0.5, 0.6) is 0 Å². The molecule has 0 aliphatic carbocycles. The van der Waals surface area contributed by atoms with Crippen LogP contribution in [-0.2, 0) is 14.8 Å². The summed E-state index contributed by atoms with van der Waals surface area (Å²) in [7, 11) is -3.57. The van der Waals surface area contributed by atoms with E-state index in [0.717, 1.165) is 5.69 Å². The monoisotopic (exact) mass is 467 g/mol. The summed E-state index contributed by atoms with van der Waals surface area (Å²) in [5, 5.41) is 11.2. The van der Waals surface area contributed by atoms with Gasteiger partial charge in [-0.3, -0.25) is 10.1 Å². The minimum Gasteiger partial charge on any atom is -0.379 e. The van der Waals surface area contributed by atoms with E-state index in [1.54, 1.807) is 18.2 Å². The van der Waals surface area contributed by atoms with Gasteiger partial charge in [0.05, 0.1) is 28.8 Å². The maximum absolute atomic E-state index is 12.7. The lowest BCUT2D eigenvalue weighted by atomic mass is 10.2. The number of nitro groups is 1. The summed E-state index contributed by atoms with van der Waals surface area (Å²) in [5.74, 6) is 0.704. The van der Waals surface area contributed by atoms with Crippen LogP contribution in [0.1, 0.15) is 0 Å². The minimum atomic E-state index is -3.57. The number of benzene rings is 1. The van der Waals surface area contributed by atoms with Gasteiger partial charge in [-0.1, -0.05) is 11.6 Å². The molecule has 2 aliphatic heterocycles. The number of nitro benzene ring substituents is 1. The Morgan fingerprint density at radius 2 is 1.68 bits per heavy atom. The molecule has 10 nitrogen and oxygen atoms in total. The van der Waals surface area contributed by atoms with E-state index in [4.69, 9.17) is 16.3 Å². The molecule has 0 spiro atoms. The molecule has 2 aliphatic rings. The lowest BCUT2D eigenvalue weighted by Gasteiger charge is -2.37. The van der Waals surface area contributed by atoms with Gasteiger partial charge in [0.2, 0.25) is 10.0 Å². The maximum atomic E-state index is 12.7. The van der Waals surface area contributed by atoms with E-state index in [9.17, 15) is 18.5 Å². The number of non-ortho nitro benzene ring substituents is 1. The second kappa shape index (κ2) is 8.95. The summed E-state index contributed by atoms with van der Waals surface area (Å²) in [4.78, 5) is 19.1. The first kappa shape index (κ1) is 21.8. The van der Waals surface area contributed by atoms with Gasteiger partial charge in [0.15, 0.2) is 0 Å². The third-order valence-electron chi connectivity index (χ3n) is 5.41. The third-order valence-corrected chi connectivity index (χ3v) is 7.60. The fraction of sp³-hybridized carbons (Fsp3) is 0.421. The van der Waals surface area contributed by atoms with Crippen molar-refractivity contribution in [1.82, 2.24) is 9.29 Å². The number of hydrogen-bond acceptors (Lipinski definition) is 8. The molecule has 166 valence electrons. The van der Waals surface area contributed by atoms with Gasteiger partial charge in [0.1, 0.15) is 10.7 Å². The van der Waals surface area contributed by atoms with Crippen LogP contribution in [0.15, 0.2) is 41.4 Å². The van der Waals surface area contributed by atoms with E-state index in [0.29, 0.717) is 63.3 Å². The van der Waals surface area contributed by atoms with Crippen LogP contribution in [-0.4, -0.2) is 75.1 Å². The Labute approximate surface area is 185 Å². The lowest BCUT2D eigenvalue weighted by molar-refractivity contribution is -0.384.